The van der Waals surface area contributed by atoms with Crippen molar-refractivity contribution in [3.8, 4) is 5.75 Å². The molecule has 3 aromatic rings. The van der Waals surface area contributed by atoms with Gasteiger partial charge in [-0.25, -0.2) is 4.79 Å². The Kier molecular flexibility index (Phi) is 6.37. The third-order valence-electron chi connectivity index (χ3n) is 4.62. The summed E-state index contributed by atoms with van der Waals surface area (Å²) < 4.78 is 7.57. The molecule has 0 saturated carbocycles. The summed E-state index contributed by atoms with van der Waals surface area (Å²) in [7, 11) is 0. The minimum atomic E-state index is -0.233. The van der Waals surface area contributed by atoms with Crippen molar-refractivity contribution in [3.05, 3.63) is 83.2 Å². The molecular weight excluding hydrogens is 350 g/mol. The number of anilines is 1. The fraction of sp³-hybridized carbons (Fsp3) is 0.261. The second-order valence-electron chi connectivity index (χ2n) is 6.82. The summed E-state index contributed by atoms with van der Waals surface area (Å²) in [4.78, 5) is 12.2. The van der Waals surface area contributed by atoms with E-state index in [2.05, 4.69) is 47.2 Å². The predicted octanol–water partition coefficient (Wildman–Crippen LogP) is 4.87. The zero-order valence-corrected chi connectivity index (χ0v) is 16.7. The second-order valence-corrected chi connectivity index (χ2v) is 6.82. The first kappa shape index (κ1) is 19.5. The Balaban J connectivity index is 1.57. The third-order valence-corrected chi connectivity index (χ3v) is 4.62. The summed E-state index contributed by atoms with van der Waals surface area (Å²) in [6.45, 7) is 8.04. The molecule has 146 valence electrons. The van der Waals surface area contributed by atoms with Crippen LogP contribution >= 0.6 is 0 Å². The molecule has 0 atom stereocenters. The van der Waals surface area contributed by atoms with E-state index in [1.165, 1.54) is 16.7 Å². The highest BCUT2D eigenvalue weighted by atomic mass is 16.5. The molecule has 0 fully saturated rings. The van der Waals surface area contributed by atoms with Crippen LogP contribution in [0.15, 0.2) is 60.8 Å². The van der Waals surface area contributed by atoms with Gasteiger partial charge >= 0.3 is 6.03 Å². The zero-order chi connectivity index (χ0) is 19.9. The van der Waals surface area contributed by atoms with E-state index in [1.54, 1.807) is 0 Å². The molecule has 0 radical (unpaired) electrons. The van der Waals surface area contributed by atoms with Crippen LogP contribution in [-0.2, 0) is 13.1 Å². The molecule has 1 heterocycles. The third kappa shape index (κ3) is 5.16. The van der Waals surface area contributed by atoms with Gasteiger partial charge in [0, 0.05) is 24.1 Å². The molecule has 5 heteroatoms. The average Bonchev–Trinajstić information content (AvgIpc) is 3.12. The number of hydrogen-bond donors (Lipinski definition) is 2. The number of amides is 2. The maximum Gasteiger partial charge on any atom is 0.319 e. The van der Waals surface area contributed by atoms with Crippen LogP contribution in [0.2, 0.25) is 0 Å². The number of ether oxygens (including phenoxy) is 1. The van der Waals surface area contributed by atoms with Gasteiger partial charge in [0.15, 0.2) is 0 Å². The molecule has 0 aliphatic carbocycles. The molecule has 0 spiro atoms. The molecule has 2 aromatic carbocycles. The highest BCUT2D eigenvalue weighted by Crippen LogP contribution is 2.16. The van der Waals surface area contributed by atoms with E-state index in [-0.39, 0.29) is 6.03 Å². The number of carbonyl (C=O) groups excluding carboxylic acids is 1. The number of aryl methyl sites for hydroxylation is 2. The van der Waals surface area contributed by atoms with Crippen molar-refractivity contribution in [2.24, 2.45) is 0 Å². The van der Waals surface area contributed by atoms with Gasteiger partial charge in [0.1, 0.15) is 5.75 Å². The smallest absolute Gasteiger partial charge is 0.319 e. The lowest BCUT2D eigenvalue weighted by atomic mass is 10.1. The van der Waals surface area contributed by atoms with Gasteiger partial charge in [-0.05, 0) is 68.3 Å². The number of benzene rings is 2. The minimum absolute atomic E-state index is 0.233. The van der Waals surface area contributed by atoms with Gasteiger partial charge in [-0.2, -0.15) is 0 Å². The lowest BCUT2D eigenvalue weighted by molar-refractivity contribution is 0.251. The highest BCUT2D eigenvalue weighted by molar-refractivity contribution is 5.89. The zero-order valence-electron chi connectivity index (χ0n) is 16.7. The Morgan fingerprint density at radius 2 is 1.86 bits per heavy atom. The standard InChI is InChI=1S/C23H27N3O2/c1-4-28-22-11-9-20(10-12-22)25-23(27)24-15-21-6-5-13-26(21)16-19-14-17(2)7-8-18(19)3/h5-14H,4,15-16H2,1-3H3,(H2,24,25,27). The summed E-state index contributed by atoms with van der Waals surface area (Å²) in [5.41, 5.74) is 5.60. The lowest BCUT2D eigenvalue weighted by Crippen LogP contribution is -2.29. The van der Waals surface area contributed by atoms with E-state index in [1.807, 2.05) is 49.5 Å². The van der Waals surface area contributed by atoms with Crippen LogP contribution in [0.4, 0.5) is 10.5 Å². The Labute approximate surface area is 166 Å². The largest absolute Gasteiger partial charge is 0.494 e. The first-order valence-electron chi connectivity index (χ1n) is 9.53. The van der Waals surface area contributed by atoms with E-state index in [0.717, 1.165) is 23.7 Å². The monoisotopic (exact) mass is 377 g/mol. The Bertz CT molecular complexity index is 929. The van der Waals surface area contributed by atoms with Crippen molar-refractivity contribution < 1.29 is 9.53 Å². The normalized spacial score (nSPS) is 10.5. The summed E-state index contributed by atoms with van der Waals surface area (Å²) in [6.07, 6.45) is 2.04. The van der Waals surface area contributed by atoms with Crippen molar-refractivity contribution in [2.45, 2.75) is 33.9 Å². The van der Waals surface area contributed by atoms with Gasteiger partial charge in [-0.3, -0.25) is 0 Å². The number of hydrogen-bond acceptors (Lipinski definition) is 2. The number of nitrogens with zero attached hydrogens (tertiary/aromatic N) is 1. The fourth-order valence-corrected chi connectivity index (χ4v) is 3.07. The highest BCUT2D eigenvalue weighted by Gasteiger charge is 2.07. The van der Waals surface area contributed by atoms with Gasteiger partial charge < -0.3 is 19.9 Å². The van der Waals surface area contributed by atoms with Crippen molar-refractivity contribution in [1.29, 1.82) is 0 Å². The van der Waals surface area contributed by atoms with Crippen LogP contribution in [-0.4, -0.2) is 17.2 Å². The number of aromatic nitrogens is 1. The molecule has 28 heavy (non-hydrogen) atoms. The molecule has 0 aliphatic rings. The van der Waals surface area contributed by atoms with Gasteiger partial charge in [-0.1, -0.05) is 23.8 Å². The number of nitrogens with one attached hydrogen (secondary N) is 2. The Hall–Kier alpha value is -3.21. The van der Waals surface area contributed by atoms with Crippen LogP contribution in [0.25, 0.3) is 0 Å². The average molecular weight is 377 g/mol. The second kappa shape index (κ2) is 9.13. The molecule has 0 bridgehead atoms. The predicted molar refractivity (Wildman–Crippen MR) is 113 cm³/mol. The first-order valence-corrected chi connectivity index (χ1v) is 9.53. The number of urea groups is 1. The maximum absolute atomic E-state index is 12.2. The van der Waals surface area contributed by atoms with E-state index < -0.39 is 0 Å². The quantitative estimate of drug-likeness (QED) is 0.617. The molecular formula is C23H27N3O2. The van der Waals surface area contributed by atoms with Crippen LogP contribution in [0, 0.1) is 13.8 Å². The summed E-state index contributed by atoms with van der Waals surface area (Å²) in [5, 5.41) is 5.77. The van der Waals surface area contributed by atoms with Crippen LogP contribution in [0.3, 0.4) is 0 Å². The van der Waals surface area contributed by atoms with E-state index >= 15 is 0 Å². The van der Waals surface area contributed by atoms with Crippen molar-refractivity contribution in [2.75, 3.05) is 11.9 Å². The van der Waals surface area contributed by atoms with Crippen molar-refractivity contribution in [1.82, 2.24) is 9.88 Å². The lowest BCUT2D eigenvalue weighted by Gasteiger charge is -2.13. The number of carbonyl (C=O) groups is 1. The molecule has 0 saturated heterocycles. The summed E-state index contributed by atoms with van der Waals surface area (Å²) in [5.74, 6) is 0.790. The Morgan fingerprint density at radius 1 is 1.07 bits per heavy atom. The van der Waals surface area contributed by atoms with Crippen molar-refractivity contribution >= 4 is 11.7 Å². The number of rotatable bonds is 7. The Morgan fingerprint density at radius 3 is 2.61 bits per heavy atom. The summed E-state index contributed by atoms with van der Waals surface area (Å²) >= 11 is 0. The van der Waals surface area contributed by atoms with E-state index in [9.17, 15) is 4.79 Å². The molecule has 5 nitrogen and oxygen atoms in total. The van der Waals surface area contributed by atoms with Gasteiger partial charge in [-0.15, -0.1) is 0 Å². The van der Waals surface area contributed by atoms with E-state index in [4.69, 9.17) is 4.74 Å². The van der Waals surface area contributed by atoms with Crippen molar-refractivity contribution in [3.63, 3.8) is 0 Å². The topological polar surface area (TPSA) is 55.3 Å². The molecule has 1 aromatic heterocycles. The maximum atomic E-state index is 12.2. The van der Waals surface area contributed by atoms with Crippen LogP contribution in [0.5, 0.6) is 5.75 Å². The first-order chi connectivity index (χ1) is 13.5. The molecule has 0 unspecified atom stereocenters. The molecule has 2 N–H and O–H groups in total. The van der Waals surface area contributed by atoms with E-state index in [0.29, 0.717) is 13.2 Å². The molecule has 0 aliphatic heterocycles. The fourth-order valence-electron chi connectivity index (χ4n) is 3.07. The van der Waals surface area contributed by atoms with Gasteiger partial charge in [0.05, 0.1) is 13.2 Å². The molecule has 3 rings (SSSR count). The van der Waals surface area contributed by atoms with Crippen LogP contribution < -0.4 is 15.4 Å². The van der Waals surface area contributed by atoms with Crippen LogP contribution in [0.1, 0.15) is 29.3 Å². The van der Waals surface area contributed by atoms with Gasteiger partial charge in [0.25, 0.3) is 0 Å². The van der Waals surface area contributed by atoms with Gasteiger partial charge in [0.2, 0.25) is 0 Å². The molecule has 2 amide bonds. The summed E-state index contributed by atoms with van der Waals surface area (Å²) in [6, 6.07) is 17.6. The SMILES string of the molecule is CCOc1ccc(NC(=O)NCc2cccn2Cc2cc(C)ccc2C)cc1. The minimum Gasteiger partial charge on any atom is -0.494 e.